The minimum Gasteiger partial charge on any atom is -0.263 e. The summed E-state index contributed by atoms with van der Waals surface area (Å²) in [4.78, 5) is 15.1. The van der Waals surface area contributed by atoms with Gasteiger partial charge in [-0.05, 0) is 91.6 Å². The van der Waals surface area contributed by atoms with Crippen molar-refractivity contribution in [2.45, 2.75) is 32.7 Å². The number of amidine groups is 1. The van der Waals surface area contributed by atoms with Gasteiger partial charge in [0.25, 0.3) is 0 Å². The average molecular weight is 708 g/mol. The fourth-order valence-corrected chi connectivity index (χ4v) is 7.86. The van der Waals surface area contributed by atoms with Crippen LogP contribution in [0, 0.1) is 0 Å². The molecule has 0 atom stereocenters. The van der Waals surface area contributed by atoms with Crippen molar-refractivity contribution >= 4 is 39.2 Å². The number of nitrogens with zero attached hydrogens (tertiary/aromatic N) is 3. The molecule has 0 radical (unpaired) electrons. The largest absolute Gasteiger partial charge is 0.263 e. The number of benzene rings is 7. The Bertz CT molecular complexity index is 2740. The summed E-state index contributed by atoms with van der Waals surface area (Å²) in [6, 6.07) is 56.5. The van der Waals surface area contributed by atoms with Crippen molar-refractivity contribution in [3.63, 3.8) is 0 Å². The van der Waals surface area contributed by atoms with Gasteiger partial charge in [0.15, 0.2) is 5.84 Å². The number of allylic oxidation sites excluding steroid dienone is 1. The van der Waals surface area contributed by atoms with Gasteiger partial charge in [-0.2, -0.15) is 0 Å². The minimum atomic E-state index is 0.514. The highest BCUT2D eigenvalue weighted by atomic mass is 14.9. The fourth-order valence-electron chi connectivity index (χ4n) is 7.86. The van der Waals surface area contributed by atoms with E-state index in [-0.39, 0.29) is 0 Å². The van der Waals surface area contributed by atoms with Crippen molar-refractivity contribution in [3.8, 4) is 33.4 Å². The molecular weight excluding hydrogens is 667 g/mol. The van der Waals surface area contributed by atoms with Gasteiger partial charge in [0.2, 0.25) is 0 Å². The van der Waals surface area contributed by atoms with Crippen LogP contribution < -0.4 is 0 Å². The van der Waals surface area contributed by atoms with Crippen molar-refractivity contribution in [3.05, 3.63) is 204 Å². The third kappa shape index (κ3) is 7.05. The summed E-state index contributed by atoms with van der Waals surface area (Å²) in [5, 5.41) is 4.85. The molecule has 0 amide bonds. The van der Waals surface area contributed by atoms with E-state index in [1.807, 2.05) is 12.4 Å². The van der Waals surface area contributed by atoms with Crippen LogP contribution in [0.3, 0.4) is 0 Å². The second-order valence-electron chi connectivity index (χ2n) is 14.2. The molecule has 9 rings (SSSR count). The number of aromatic nitrogens is 1. The van der Waals surface area contributed by atoms with E-state index < -0.39 is 0 Å². The Labute approximate surface area is 323 Å². The van der Waals surface area contributed by atoms with Crippen molar-refractivity contribution in [1.82, 2.24) is 4.98 Å². The van der Waals surface area contributed by atoms with Gasteiger partial charge in [-0.15, -0.1) is 0 Å². The van der Waals surface area contributed by atoms with E-state index >= 15 is 0 Å². The molecule has 1 aliphatic carbocycles. The van der Waals surface area contributed by atoms with E-state index in [0.29, 0.717) is 6.54 Å². The quantitative estimate of drug-likeness (QED) is 0.114. The lowest BCUT2D eigenvalue weighted by molar-refractivity contribution is 0.988. The Morgan fingerprint density at radius 2 is 1.27 bits per heavy atom. The van der Waals surface area contributed by atoms with Gasteiger partial charge in [0, 0.05) is 34.6 Å². The SMILES string of the molecule is CC/C(=N\C(=N/Cc1ccc(-c2cncc3ccccc23)cc1)c1cccc(-c2cccc3c2CCC=C3)c1)c1ccc(-c2cccc3ccccc23)cc1. The first-order valence-corrected chi connectivity index (χ1v) is 19.2. The van der Waals surface area contributed by atoms with Gasteiger partial charge in [-0.25, -0.2) is 4.99 Å². The second-order valence-corrected chi connectivity index (χ2v) is 14.2. The van der Waals surface area contributed by atoms with Crippen molar-refractivity contribution in [2.24, 2.45) is 9.98 Å². The van der Waals surface area contributed by atoms with Gasteiger partial charge in [-0.1, -0.05) is 171 Å². The molecule has 0 N–H and O–H groups in total. The normalized spacial score (nSPS) is 13.0. The van der Waals surface area contributed by atoms with Crippen LogP contribution in [0.4, 0.5) is 0 Å². The van der Waals surface area contributed by atoms with Crippen LogP contribution in [-0.4, -0.2) is 16.5 Å². The highest BCUT2D eigenvalue weighted by molar-refractivity contribution is 6.13. The molecule has 1 aliphatic rings. The van der Waals surface area contributed by atoms with Crippen molar-refractivity contribution in [1.29, 1.82) is 0 Å². The molecule has 0 saturated heterocycles. The molecular formula is C52H41N3. The molecule has 3 heteroatoms. The Balaban J connectivity index is 1.08. The summed E-state index contributed by atoms with van der Waals surface area (Å²) in [5.41, 5.74) is 14.2. The van der Waals surface area contributed by atoms with Crippen LogP contribution in [0.2, 0.25) is 0 Å². The van der Waals surface area contributed by atoms with E-state index in [0.717, 1.165) is 64.0 Å². The second kappa shape index (κ2) is 15.3. The van der Waals surface area contributed by atoms with Gasteiger partial charge in [-0.3, -0.25) is 9.98 Å². The molecule has 0 unspecified atom stereocenters. The molecule has 1 aromatic heterocycles. The highest BCUT2D eigenvalue weighted by Gasteiger charge is 2.14. The maximum atomic E-state index is 5.37. The molecule has 264 valence electrons. The number of fused-ring (bicyclic) bond motifs is 3. The van der Waals surface area contributed by atoms with Crippen LogP contribution in [0.1, 0.15) is 47.6 Å². The standard InChI is InChI=1S/C52H41N3/c1-2-51(41-30-28-39(29-31-41)47-22-10-15-37-12-3-6-19-45(37)47)55-52(43-18-9-17-42(32-43)48-23-11-16-38-13-4-7-20-46(38)48)54-33-36-24-26-40(27-25-36)50-35-53-34-44-14-5-8-21-49(44)50/h3-6,8-19,21-32,34-35H,2,7,20,33H2,1H3/b54-52-,55-51+. The average Bonchev–Trinajstić information content (AvgIpc) is 3.26. The topological polar surface area (TPSA) is 37.6 Å². The van der Waals surface area contributed by atoms with Crippen molar-refractivity contribution < 1.29 is 0 Å². The van der Waals surface area contributed by atoms with Crippen LogP contribution in [-0.2, 0) is 13.0 Å². The van der Waals surface area contributed by atoms with Gasteiger partial charge in [0.1, 0.15) is 0 Å². The first kappa shape index (κ1) is 34.1. The Hall–Kier alpha value is -6.71. The molecule has 0 bridgehead atoms. The van der Waals surface area contributed by atoms with Crippen LogP contribution >= 0.6 is 0 Å². The fraction of sp³-hybridized carbons (Fsp3) is 0.0962. The van der Waals surface area contributed by atoms with Crippen LogP contribution in [0.5, 0.6) is 0 Å². The number of hydrogen-bond acceptors (Lipinski definition) is 2. The number of aliphatic imine (C=N–C) groups is 2. The zero-order valence-corrected chi connectivity index (χ0v) is 31.0. The first-order valence-electron chi connectivity index (χ1n) is 19.2. The van der Waals surface area contributed by atoms with Crippen LogP contribution in [0.15, 0.2) is 186 Å². The Kier molecular flexibility index (Phi) is 9.50. The molecule has 0 fully saturated rings. The zero-order valence-electron chi connectivity index (χ0n) is 31.0. The predicted molar refractivity (Wildman–Crippen MR) is 233 cm³/mol. The van der Waals surface area contributed by atoms with E-state index in [9.17, 15) is 0 Å². The van der Waals surface area contributed by atoms with Gasteiger partial charge >= 0.3 is 0 Å². The smallest absolute Gasteiger partial charge is 0.155 e. The number of rotatable bonds is 8. The summed E-state index contributed by atoms with van der Waals surface area (Å²) in [6.07, 6.45) is 11.3. The predicted octanol–water partition coefficient (Wildman–Crippen LogP) is 13.2. The lowest BCUT2D eigenvalue weighted by atomic mass is 9.89. The lowest BCUT2D eigenvalue weighted by Gasteiger charge is -2.16. The molecule has 55 heavy (non-hydrogen) atoms. The van der Waals surface area contributed by atoms with Crippen LogP contribution in [0.25, 0.3) is 61.0 Å². The molecule has 3 nitrogen and oxygen atoms in total. The number of pyridine rings is 1. The number of hydrogen-bond donors (Lipinski definition) is 0. The van der Waals surface area contributed by atoms with E-state index in [4.69, 9.17) is 9.98 Å². The summed E-state index contributed by atoms with van der Waals surface area (Å²) < 4.78 is 0. The van der Waals surface area contributed by atoms with Gasteiger partial charge in [0.05, 0.1) is 6.54 Å². The molecule has 8 aromatic rings. The van der Waals surface area contributed by atoms with Crippen molar-refractivity contribution in [2.75, 3.05) is 0 Å². The maximum Gasteiger partial charge on any atom is 0.155 e. The molecule has 0 aliphatic heterocycles. The lowest BCUT2D eigenvalue weighted by Crippen LogP contribution is -2.07. The third-order valence-electron chi connectivity index (χ3n) is 10.7. The van der Waals surface area contributed by atoms with E-state index in [1.54, 1.807) is 0 Å². The Morgan fingerprint density at radius 3 is 2.11 bits per heavy atom. The first-order chi connectivity index (χ1) is 27.2. The zero-order chi connectivity index (χ0) is 37.0. The minimum absolute atomic E-state index is 0.514. The highest BCUT2D eigenvalue weighted by Crippen LogP contribution is 2.33. The monoisotopic (exact) mass is 707 g/mol. The van der Waals surface area contributed by atoms with Gasteiger partial charge < -0.3 is 0 Å². The molecule has 1 heterocycles. The van der Waals surface area contributed by atoms with E-state index in [2.05, 4.69) is 182 Å². The molecule has 0 saturated carbocycles. The summed E-state index contributed by atoms with van der Waals surface area (Å²) in [7, 11) is 0. The molecule has 0 spiro atoms. The Morgan fingerprint density at radius 1 is 0.582 bits per heavy atom. The summed E-state index contributed by atoms with van der Waals surface area (Å²) in [5.74, 6) is 0.740. The molecule has 7 aromatic carbocycles. The summed E-state index contributed by atoms with van der Waals surface area (Å²) >= 11 is 0. The van der Waals surface area contributed by atoms with E-state index in [1.165, 1.54) is 49.5 Å². The summed E-state index contributed by atoms with van der Waals surface area (Å²) in [6.45, 7) is 2.69. The third-order valence-corrected chi connectivity index (χ3v) is 10.7. The maximum absolute atomic E-state index is 5.37.